The average molecular weight is 262 g/mol. The van der Waals surface area contributed by atoms with Crippen molar-refractivity contribution in [2.24, 2.45) is 0 Å². The topological polar surface area (TPSA) is 39.2 Å². The van der Waals surface area contributed by atoms with Crippen LogP contribution in [-0.4, -0.2) is 17.6 Å². The molecule has 4 heteroatoms. The second-order valence-corrected chi connectivity index (χ2v) is 4.03. The van der Waals surface area contributed by atoms with Crippen LogP contribution >= 0.6 is 11.6 Å². The summed E-state index contributed by atoms with van der Waals surface area (Å²) in [6.07, 6.45) is 3.12. The van der Waals surface area contributed by atoms with E-state index in [1.165, 1.54) is 6.20 Å². The number of carbonyl (C=O) groups is 1. The summed E-state index contributed by atoms with van der Waals surface area (Å²) in [5.41, 5.74) is 1.95. The van der Waals surface area contributed by atoms with Crippen molar-refractivity contribution in [2.75, 3.05) is 6.61 Å². The lowest BCUT2D eigenvalue weighted by Gasteiger charge is -2.09. The lowest BCUT2D eigenvalue weighted by Crippen LogP contribution is -2.07. The fourth-order valence-electron chi connectivity index (χ4n) is 1.68. The summed E-state index contributed by atoms with van der Waals surface area (Å²) in [6.45, 7) is 2.10. The third kappa shape index (κ3) is 2.51. The van der Waals surface area contributed by atoms with Crippen molar-refractivity contribution in [1.82, 2.24) is 4.98 Å². The number of pyridine rings is 1. The zero-order valence-corrected chi connectivity index (χ0v) is 10.6. The van der Waals surface area contributed by atoms with E-state index in [9.17, 15) is 4.79 Å². The maximum Gasteiger partial charge on any atom is 0.340 e. The number of esters is 1. The fraction of sp³-hybridized carbons (Fsp3) is 0.143. The number of hydrogen-bond donors (Lipinski definition) is 0. The Balaban J connectivity index is 2.52. The Labute approximate surface area is 110 Å². The molecule has 3 nitrogen and oxygen atoms in total. The zero-order valence-electron chi connectivity index (χ0n) is 9.89. The van der Waals surface area contributed by atoms with Crippen molar-refractivity contribution in [3.63, 3.8) is 0 Å². The Morgan fingerprint density at radius 3 is 2.78 bits per heavy atom. The van der Waals surface area contributed by atoms with E-state index in [0.29, 0.717) is 17.2 Å². The molecule has 18 heavy (non-hydrogen) atoms. The van der Waals surface area contributed by atoms with E-state index in [1.807, 2.05) is 18.2 Å². The molecule has 0 saturated heterocycles. The number of carbonyl (C=O) groups excluding carboxylic acids is 1. The maximum atomic E-state index is 11.8. The fourth-order valence-corrected chi connectivity index (χ4v) is 1.92. The van der Waals surface area contributed by atoms with Gasteiger partial charge in [0.15, 0.2) is 0 Å². The molecular weight excluding hydrogens is 250 g/mol. The van der Waals surface area contributed by atoms with Gasteiger partial charge in [-0.1, -0.05) is 29.8 Å². The number of aromatic nitrogens is 1. The van der Waals surface area contributed by atoms with Gasteiger partial charge in [-0.05, 0) is 19.1 Å². The van der Waals surface area contributed by atoms with Crippen LogP contribution in [0.1, 0.15) is 17.3 Å². The van der Waals surface area contributed by atoms with E-state index in [0.717, 1.165) is 11.1 Å². The van der Waals surface area contributed by atoms with E-state index in [1.54, 1.807) is 25.3 Å². The van der Waals surface area contributed by atoms with Crippen molar-refractivity contribution >= 4 is 17.6 Å². The predicted octanol–water partition coefficient (Wildman–Crippen LogP) is 3.58. The van der Waals surface area contributed by atoms with Gasteiger partial charge < -0.3 is 4.74 Å². The summed E-state index contributed by atoms with van der Waals surface area (Å²) in [6, 6.07) is 9.12. The lowest BCUT2D eigenvalue weighted by molar-refractivity contribution is 0.0527. The summed E-state index contributed by atoms with van der Waals surface area (Å²) in [5, 5.41) is 0.592. The molecule has 0 atom stereocenters. The van der Waals surface area contributed by atoms with Crippen LogP contribution < -0.4 is 0 Å². The number of halogens is 1. The van der Waals surface area contributed by atoms with Crippen LogP contribution in [0.4, 0.5) is 0 Å². The van der Waals surface area contributed by atoms with Gasteiger partial charge in [0.2, 0.25) is 0 Å². The highest BCUT2D eigenvalue weighted by molar-refractivity contribution is 6.33. The van der Waals surface area contributed by atoms with Gasteiger partial charge in [-0.3, -0.25) is 4.98 Å². The van der Waals surface area contributed by atoms with Gasteiger partial charge in [0, 0.05) is 28.5 Å². The van der Waals surface area contributed by atoms with Crippen LogP contribution in [0, 0.1) is 0 Å². The predicted molar refractivity (Wildman–Crippen MR) is 70.6 cm³/mol. The average Bonchev–Trinajstić information content (AvgIpc) is 2.40. The van der Waals surface area contributed by atoms with Crippen LogP contribution in [-0.2, 0) is 4.74 Å². The number of nitrogens with zero attached hydrogens (tertiary/aromatic N) is 1. The molecule has 2 rings (SSSR count). The van der Waals surface area contributed by atoms with Gasteiger partial charge in [0.25, 0.3) is 0 Å². The molecule has 0 radical (unpaired) electrons. The molecular formula is C14H12ClNO2. The molecule has 0 N–H and O–H groups in total. The first kappa shape index (κ1) is 12.6. The van der Waals surface area contributed by atoms with Crippen molar-refractivity contribution < 1.29 is 9.53 Å². The molecule has 0 aliphatic rings. The first-order chi connectivity index (χ1) is 8.74. The largest absolute Gasteiger partial charge is 0.462 e. The zero-order chi connectivity index (χ0) is 13.0. The Hall–Kier alpha value is -1.87. The van der Waals surface area contributed by atoms with E-state index >= 15 is 0 Å². The van der Waals surface area contributed by atoms with Gasteiger partial charge in [0.05, 0.1) is 12.2 Å². The molecule has 0 fully saturated rings. The Morgan fingerprint density at radius 1 is 1.28 bits per heavy atom. The van der Waals surface area contributed by atoms with Crippen LogP contribution in [0.25, 0.3) is 11.1 Å². The molecule has 1 heterocycles. The standard InChI is InChI=1S/C14H12ClNO2/c1-2-18-14(17)12-9-16-8-7-10(12)11-5-3-4-6-13(11)15/h3-9H,2H2,1H3. The second-order valence-electron chi connectivity index (χ2n) is 3.62. The first-order valence-corrected chi connectivity index (χ1v) is 5.98. The molecule has 92 valence electrons. The van der Waals surface area contributed by atoms with Crippen LogP contribution in [0.2, 0.25) is 5.02 Å². The van der Waals surface area contributed by atoms with Gasteiger partial charge >= 0.3 is 5.97 Å². The lowest BCUT2D eigenvalue weighted by atomic mass is 10.0. The summed E-state index contributed by atoms with van der Waals surface area (Å²) in [5.74, 6) is -0.388. The third-order valence-electron chi connectivity index (χ3n) is 2.48. The minimum Gasteiger partial charge on any atom is -0.462 e. The molecule has 0 saturated carbocycles. The summed E-state index contributed by atoms with van der Waals surface area (Å²) < 4.78 is 5.01. The third-order valence-corrected chi connectivity index (χ3v) is 2.81. The van der Waals surface area contributed by atoms with Crippen LogP contribution in [0.5, 0.6) is 0 Å². The minimum absolute atomic E-state index is 0.329. The molecule has 0 unspecified atom stereocenters. The Kier molecular flexibility index (Phi) is 3.95. The van der Waals surface area contributed by atoms with E-state index < -0.39 is 0 Å². The van der Waals surface area contributed by atoms with Crippen LogP contribution in [0.15, 0.2) is 42.7 Å². The summed E-state index contributed by atoms with van der Waals surface area (Å²) >= 11 is 6.14. The molecule has 0 amide bonds. The minimum atomic E-state index is -0.388. The number of ether oxygens (including phenoxy) is 1. The highest BCUT2D eigenvalue weighted by Crippen LogP contribution is 2.30. The SMILES string of the molecule is CCOC(=O)c1cnccc1-c1ccccc1Cl. The molecule has 0 bridgehead atoms. The van der Waals surface area contributed by atoms with E-state index in [2.05, 4.69) is 4.98 Å². The maximum absolute atomic E-state index is 11.8. The molecule has 1 aromatic heterocycles. The molecule has 1 aromatic carbocycles. The van der Waals surface area contributed by atoms with Gasteiger partial charge in [0.1, 0.15) is 0 Å². The van der Waals surface area contributed by atoms with Gasteiger partial charge in [-0.25, -0.2) is 4.79 Å². The highest BCUT2D eigenvalue weighted by atomic mass is 35.5. The van der Waals surface area contributed by atoms with Gasteiger partial charge in [-0.15, -0.1) is 0 Å². The smallest absolute Gasteiger partial charge is 0.340 e. The van der Waals surface area contributed by atoms with E-state index in [4.69, 9.17) is 16.3 Å². The molecule has 0 aliphatic heterocycles. The first-order valence-electron chi connectivity index (χ1n) is 5.60. The molecule has 0 aliphatic carbocycles. The Bertz CT molecular complexity index is 569. The van der Waals surface area contributed by atoms with Crippen molar-refractivity contribution in [1.29, 1.82) is 0 Å². The second kappa shape index (κ2) is 5.65. The van der Waals surface area contributed by atoms with Crippen molar-refractivity contribution in [3.8, 4) is 11.1 Å². The van der Waals surface area contributed by atoms with E-state index in [-0.39, 0.29) is 5.97 Å². The van der Waals surface area contributed by atoms with Crippen LogP contribution in [0.3, 0.4) is 0 Å². The summed E-state index contributed by atoms with van der Waals surface area (Å²) in [4.78, 5) is 15.8. The van der Waals surface area contributed by atoms with Gasteiger partial charge in [-0.2, -0.15) is 0 Å². The Morgan fingerprint density at radius 2 is 2.06 bits per heavy atom. The monoisotopic (exact) mass is 261 g/mol. The normalized spacial score (nSPS) is 10.1. The molecule has 0 spiro atoms. The van der Waals surface area contributed by atoms with Crippen molar-refractivity contribution in [2.45, 2.75) is 6.92 Å². The quantitative estimate of drug-likeness (QED) is 0.793. The number of benzene rings is 1. The number of hydrogen-bond acceptors (Lipinski definition) is 3. The molecule has 2 aromatic rings. The van der Waals surface area contributed by atoms with Crippen molar-refractivity contribution in [3.05, 3.63) is 53.3 Å². The highest BCUT2D eigenvalue weighted by Gasteiger charge is 2.15. The number of rotatable bonds is 3. The summed E-state index contributed by atoms with van der Waals surface area (Å²) in [7, 11) is 0.